The maximum Gasteiger partial charge on any atom is 0.147 e. The highest BCUT2D eigenvalue weighted by Crippen LogP contribution is 2.17. The van der Waals surface area contributed by atoms with Crippen molar-refractivity contribution < 1.29 is 4.79 Å². The van der Waals surface area contributed by atoms with Crippen LogP contribution in [0.4, 0.5) is 0 Å². The van der Waals surface area contributed by atoms with E-state index >= 15 is 0 Å². The van der Waals surface area contributed by atoms with Crippen LogP contribution in [-0.4, -0.2) is 11.1 Å². The van der Waals surface area contributed by atoms with E-state index in [1.165, 1.54) is 5.56 Å². The molecule has 0 unspecified atom stereocenters. The Morgan fingerprint density at radius 3 is 2.50 bits per heavy atom. The Morgan fingerprint density at radius 1 is 1.29 bits per heavy atom. The Labute approximate surface area is 101 Å². The lowest BCUT2D eigenvalue weighted by Crippen LogP contribution is -2.03. The van der Waals surface area contributed by atoms with Crippen LogP contribution in [0.2, 0.25) is 0 Å². The van der Waals surface area contributed by atoms with Crippen LogP contribution < -0.4 is 0 Å². The molecule has 0 aliphatic carbocycles. The van der Waals surface area contributed by atoms with E-state index in [0.717, 1.165) is 16.5 Å². The Kier molecular flexibility index (Phi) is 4.82. The minimum absolute atomic E-state index is 0.213. The molecule has 0 spiro atoms. The summed E-state index contributed by atoms with van der Waals surface area (Å²) in [4.78, 5) is 11.2. The van der Waals surface area contributed by atoms with Crippen LogP contribution in [0, 0.1) is 0 Å². The Hall–Kier alpha value is -0.150. The summed E-state index contributed by atoms with van der Waals surface area (Å²) in [6.45, 7) is 2.11. The number of halogens is 2. The molecule has 14 heavy (non-hydrogen) atoms. The number of alkyl halides is 1. The van der Waals surface area contributed by atoms with Crippen molar-refractivity contribution in [2.24, 2.45) is 0 Å². The molecule has 0 aromatic heterocycles. The van der Waals surface area contributed by atoms with Crippen molar-refractivity contribution in [2.45, 2.75) is 19.8 Å². The molecule has 0 atom stereocenters. The molecule has 1 rings (SSSR count). The van der Waals surface area contributed by atoms with Gasteiger partial charge in [-0.3, -0.25) is 4.79 Å². The van der Waals surface area contributed by atoms with Crippen LogP contribution in [0.25, 0.3) is 0 Å². The molecule has 0 aliphatic heterocycles. The molecule has 0 saturated carbocycles. The predicted molar refractivity (Wildman–Crippen MR) is 66.0 cm³/mol. The van der Waals surface area contributed by atoms with Crippen molar-refractivity contribution in [3.05, 3.63) is 33.8 Å². The van der Waals surface area contributed by atoms with Crippen LogP contribution >= 0.6 is 31.9 Å². The fourth-order valence-electron chi connectivity index (χ4n) is 1.30. The van der Waals surface area contributed by atoms with Gasteiger partial charge in [-0.05, 0) is 29.7 Å². The number of aryl methyl sites for hydroxylation is 1. The first-order valence-corrected chi connectivity index (χ1v) is 6.43. The molecule has 1 aromatic rings. The van der Waals surface area contributed by atoms with E-state index in [1.54, 1.807) is 0 Å². The number of hydrogen-bond donors (Lipinski definition) is 0. The maximum atomic E-state index is 11.2. The first kappa shape index (κ1) is 11.9. The average molecular weight is 320 g/mol. The third-order valence-corrected chi connectivity index (χ3v) is 3.06. The quantitative estimate of drug-likeness (QED) is 0.776. The molecular weight excluding hydrogens is 308 g/mol. The molecule has 0 aliphatic rings. The average Bonchev–Trinajstić information content (AvgIpc) is 2.16. The zero-order valence-corrected chi connectivity index (χ0v) is 11.2. The van der Waals surface area contributed by atoms with Crippen molar-refractivity contribution in [3.8, 4) is 0 Å². The molecule has 76 valence electrons. The van der Waals surface area contributed by atoms with E-state index in [2.05, 4.69) is 50.9 Å². The van der Waals surface area contributed by atoms with Crippen LogP contribution in [0.5, 0.6) is 0 Å². The van der Waals surface area contributed by atoms with Gasteiger partial charge in [0.1, 0.15) is 5.78 Å². The van der Waals surface area contributed by atoms with Crippen LogP contribution in [0.15, 0.2) is 22.7 Å². The maximum absolute atomic E-state index is 11.2. The van der Waals surface area contributed by atoms with Gasteiger partial charge >= 0.3 is 0 Å². The highest BCUT2D eigenvalue weighted by Gasteiger charge is 2.03. The normalized spacial score (nSPS) is 10.2. The fourth-order valence-corrected chi connectivity index (χ4v) is 2.08. The zero-order chi connectivity index (χ0) is 10.6. The van der Waals surface area contributed by atoms with Crippen molar-refractivity contribution >= 4 is 37.6 Å². The Morgan fingerprint density at radius 2 is 1.93 bits per heavy atom. The first-order chi connectivity index (χ1) is 6.65. The van der Waals surface area contributed by atoms with Crippen molar-refractivity contribution in [3.63, 3.8) is 0 Å². The van der Waals surface area contributed by atoms with Gasteiger partial charge in [0.25, 0.3) is 0 Å². The summed E-state index contributed by atoms with van der Waals surface area (Å²) in [6.07, 6.45) is 1.51. The van der Waals surface area contributed by atoms with E-state index in [9.17, 15) is 4.79 Å². The van der Waals surface area contributed by atoms with Gasteiger partial charge in [-0.15, -0.1) is 0 Å². The lowest BCUT2D eigenvalue weighted by molar-refractivity contribution is -0.115. The largest absolute Gasteiger partial charge is 0.298 e. The second kappa shape index (κ2) is 5.66. The van der Waals surface area contributed by atoms with E-state index in [0.29, 0.717) is 11.8 Å². The van der Waals surface area contributed by atoms with Gasteiger partial charge in [-0.25, -0.2) is 0 Å². The smallest absolute Gasteiger partial charge is 0.147 e. The Bertz CT molecular complexity index is 334. The van der Waals surface area contributed by atoms with Crippen molar-refractivity contribution in [2.75, 3.05) is 5.33 Å². The molecule has 0 heterocycles. The number of carbonyl (C=O) groups excluding carboxylic acids is 1. The standard InChI is InChI=1S/C11H12Br2O/c1-2-8-3-9(5-10(13)4-8)6-11(14)7-12/h3-5H,2,6-7H2,1H3. The number of Topliss-reactive ketones (excluding diaryl/α,β-unsaturated/α-hetero) is 1. The summed E-state index contributed by atoms with van der Waals surface area (Å²) in [5.41, 5.74) is 2.34. The molecule has 0 bridgehead atoms. The molecule has 0 N–H and O–H groups in total. The summed E-state index contributed by atoms with van der Waals surface area (Å²) in [7, 11) is 0. The molecule has 0 radical (unpaired) electrons. The summed E-state index contributed by atoms with van der Waals surface area (Å²) in [6, 6.07) is 6.17. The molecule has 1 nitrogen and oxygen atoms in total. The minimum Gasteiger partial charge on any atom is -0.298 e. The van der Waals surface area contributed by atoms with E-state index in [-0.39, 0.29) is 5.78 Å². The SMILES string of the molecule is CCc1cc(Br)cc(CC(=O)CBr)c1. The van der Waals surface area contributed by atoms with Gasteiger partial charge in [-0.2, -0.15) is 0 Å². The lowest BCUT2D eigenvalue weighted by Gasteiger charge is -2.03. The number of hydrogen-bond acceptors (Lipinski definition) is 1. The fraction of sp³-hybridized carbons (Fsp3) is 0.364. The Balaban J connectivity index is 2.86. The number of ketones is 1. The summed E-state index contributed by atoms with van der Waals surface area (Å²) in [5, 5.41) is 0.432. The summed E-state index contributed by atoms with van der Waals surface area (Å²) in [5.74, 6) is 0.213. The topological polar surface area (TPSA) is 17.1 Å². The van der Waals surface area contributed by atoms with Crippen molar-refractivity contribution in [1.82, 2.24) is 0 Å². The van der Waals surface area contributed by atoms with Crippen LogP contribution in [0.1, 0.15) is 18.1 Å². The summed E-state index contributed by atoms with van der Waals surface area (Å²) < 4.78 is 1.05. The number of carbonyl (C=O) groups is 1. The molecular formula is C11H12Br2O. The molecule has 0 saturated heterocycles. The van der Waals surface area contributed by atoms with E-state index in [4.69, 9.17) is 0 Å². The first-order valence-electron chi connectivity index (χ1n) is 4.51. The van der Waals surface area contributed by atoms with Crippen LogP contribution in [-0.2, 0) is 17.6 Å². The molecule has 1 aromatic carbocycles. The third-order valence-electron chi connectivity index (χ3n) is 1.98. The lowest BCUT2D eigenvalue weighted by atomic mass is 10.1. The van der Waals surface area contributed by atoms with Gasteiger partial charge in [0.15, 0.2) is 0 Å². The predicted octanol–water partition coefficient (Wildman–Crippen LogP) is 3.52. The second-order valence-electron chi connectivity index (χ2n) is 3.17. The van der Waals surface area contributed by atoms with Gasteiger partial charge in [0.05, 0.1) is 5.33 Å². The van der Waals surface area contributed by atoms with Gasteiger partial charge in [0.2, 0.25) is 0 Å². The molecule has 0 amide bonds. The minimum atomic E-state index is 0.213. The highest BCUT2D eigenvalue weighted by atomic mass is 79.9. The third kappa shape index (κ3) is 3.54. The summed E-state index contributed by atoms with van der Waals surface area (Å²) >= 11 is 6.61. The van der Waals surface area contributed by atoms with E-state index in [1.807, 2.05) is 6.07 Å². The second-order valence-corrected chi connectivity index (χ2v) is 4.65. The molecule has 0 fully saturated rings. The van der Waals surface area contributed by atoms with E-state index < -0.39 is 0 Å². The van der Waals surface area contributed by atoms with Crippen molar-refractivity contribution in [1.29, 1.82) is 0 Å². The zero-order valence-electron chi connectivity index (χ0n) is 8.02. The van der Waals surface area contributed by atoms with Gasteiger partial charge in [0, 0.05) is 10.9 Å². The van der Waals surface area contributed by atoms with Gasteiger partial charge in [-0.1, -0.05) is 44.8 Å². The monoisotopic (exact) mass is 318 g/mol. The number of rotatable bonds is 4. The number of benzene rings is 1. The van der Waals surface area contributed by atoms with Crippen LogP contribution in [0.3, 0.4) is 0 Å². The highest BCUT2D eigenvalue weighted by molar-refractivity contribution is 9.10. The van der Waals surface area contributed by atoms with Gasteiger partial charge < -0.3 is 0 Å². The molecule has 3 heteroatoms.